The van der Waals surface area contributed by atoms with Gasteiger partial charge in [-0.05, 0) is 32.0 Å². The van der Waals surface area contributed by atoms with Gasteiger partial charge >= 0.3 is 0 Å². The number of benzene rings is 1. The monoisotopic (exact) mass is 296 g/mol. The van der Waals surface area contributed by atoms with Crippen LogP contribution in [-0.4, -0.2) is 43.5 Å². The topological polar surface area (TPSA) is 93.8 Å². The van der Waals surface area contributed by atoms with E-state index in [1.165, 1.54) is 0 Å². The summed E-state index contributed by atoms with van der Waals surface area (Å²) >= 11 is 0. The molecule has 1 unspecified atom stereocenters. The van der Waals surface area contributed by atoms with E-state index in [0.717, 1.165) is 0 Å². The lowest BCUT2D eigenvalue weighted by Gasteiger charge is -2.23. The minimum absolute atomic E-state index is 0.141. The molecule has 0 aromatic heterocycles. The van der Waals surface area contributed by atoms with Gasteiger partial charge in [-0.25, -0.2) is 0 Å². The quantitative estimate of drug-likeness (QED) is 0.626. The van der Waals surface area contributed by atoms with E-state index in [0.29, 0.717) is 36.6 Å². The Hall–Kier alpha value is -1.79. The highest BCUT2D eigenvalue weighted by Crippen LogP contribution is 2.22. The average molecular weight is 296 g/mol. The highest BCUT2D eigenvalue weighted by atomic mass is 16.5. The predicted molar refractivity (Wildman–Crippen MR) is 81.5 cm³/mol. The minimum atomic E-state index is -1.01. The van der Waals surface area contributed by atoms with Crippen LogP contribution in [0.2, 0.25) is 0 Å². The Kier molecular flexibility index (Phi) is 6.45. The van der Waals surface area contributed by atoms with Crippen molar-refractivity contribution in [3.8, 4) is 5.75 Å². The number of methoxy groups -OCH3 is 1. The summed E-state index contributed by atoms with van der Waals surface area (Å²) in [5.41, 5.74) is 5.65. The maximum absolute atomic E-state index is 12.0. The number of hydrogen-bond donors (Lipinski definition) is 3. The van der Waals surface area contributed by atoms with Crippen molar-refractivity contribution < 1.29 is 19.4 Å². The highest BCUT2D eigenvalue weighted by molar-refractivity contribution is 5.95. The number of carbonyl (C=O) groups is 1. The molecule has 4 N–H and O–H groups in total. The molecule has 118 valence electrons. The van der Waals surface area contributed by atoms with Gasteiger partial charge < -0.3 is 25.6 Å². The zero-order chi connectivity index (χ0) is 15.9. The predicted octanol–water partition coefficient (Wildman–Crippen LogP) is 1.18. The lowest BCUT2D eigenvalue weighted by atomic mass is 10.0. The summed E-state index contributed by atoms with van der Waals surface area (Å²) in [4.78, 5) is 12.0. The first kappa shape index (κ1) is 17.3. The first-order chi connectivity index (χ1) is 9.89. The van der Waals surface area contributed by atoms with Crippen LogP contribution in [0.1, 0.15) is 30.6 Å². The Morgan fingerprint density at radius 2 is 2.19 bits per heavy atom. The second-order valence-electron chi connectivity index (χ2n) is 5.11. The van der Waals surface area contributed by atoms with Gasteiger partial charge in [0.25, 0.3) is 5.91 Å². The van der Waals surface area contributed by atoms with Crippen molar-refractivity contribution in [1.82, 2.24) is 5.32 Å². The van der Waals surface area contributed by atoms with Crippen molar-refractivity contribution in [2.45, 2.75) is 25.9 Å². The fourth-order valence-electron chi connectivity index (χ4n) is 1.76. The number of anilines is 1. The van der Waals surface area contributed by atoms with Crippen LogP contribution in [0.15, 0.2) is 18.2 Å². The molecule has 6 nitrogen and oxygen atoms in total. The van der Waals surface area contributed by atoms with Crippen molar-refractivity contribution in [3.05, 3.63) is 23.8 Å². The Morgan fingerprint density at radius 3 is 2.76 bits per heavy atom. The third-order valence-electron chi connectivity index (χ3n) is 3.05. The van der Waals surface area contributed by atoms with Crippen LogP contribution in [0, 0.1) is 0 Å². The van der Waals surface area contributed by atoms with E-state index in [4.69, 9.17) is 15.2 Å². The average Bonchev–Trinajstić information content (AvgIpc) is 2.45. The second-order valence-corrected chi connectivity index (χ2v) is 5.11. The van der Waals surface area contributed by atoms with Gasteiger partial charge in [-0.3, -0.25) is 4.79 Å². The van der Waals surface area contributed by atoms with Crippen molar-refractivity contribution >= 4 is 11.6 Å². The fourth-order valence-corrected chi connectivity index (χ4v) is 1.76. The van der Waals surface area contributed by atoms with Crippen molar-refractivity contribution in [2.24, 2.45) is 0 Å². The maximum atomic E-state index is 12.0. The van der Waals surface area contributed by atoms with Crippen LogP contribution in [0.25, 0.3) is 0 Å². The summed E-state index contributed by atoms with van der Waals surface area (Å²) in [5.74, 6) is 0.267. The van der Waals surface area contributed by atoms with Crippen molar-refractivity contribution in [2.75, 3.05) is 32.6 Å². The molecule has 0 saturated heterocycles. The lowest BCUT2D eigenvalue weighted by Crippen LogP contribution is -2.41. The van der Waals surface area contributed by atoms with E-state index >= 15 is 0 Å². The zero-order valence-corrected chi connectivity index (χ0v) is 12.8. The number of ether oxygens (including phenoxy) is 2. The van der Waals surface area contributed by atoms with E-state index in [-0.39, 0.29) is 12.5 Å². The molecular formula is C15H24N2O4. The SMILES string of the molecule is CCOc1ccc(C(=O)NCC(C)(O)CCOC)cc1N. The van der Waals surface area contributed by atoms with Gasteiger partial charge in [0.1, 0.15) is 5.75 Å². The van der Waals surface area contributed by atoms with Gasteiger partial charge in [0.15, 0.2) is 0 Å². The molecule has 1 atom stereocenters. The summed E-state index contributed by atoms with van der Waals surface area (Å²) in [6, 6.07) is 4.86. The van der Waals surface area contributed by atoms with Crippen molar-refractivity contribution in [1.29, 1.82) is 0 Å². The summed E-state index contributed by atoms with van der Waals surface area (Å²) < 4.78 is 10.2. The Bertz CT molecular complexity index is 475. The number of nitrogens with two attached hydrogens (primary N) is 1. The molecule has 1 aromatic carbocycles. The number of aliphatic hydroxyl groups is 1. The smallest absolute Gasteiger partial charge is 0.251 e. The van der Waals surface area contributed by atoms with E-state index in [2.05, 4.69) is 5.32 Å². The Balaban J connectivity index is 2.61. The molecule has 0 heterocycles. The van der Waals surface area contributed by atoms with Crippen LogP contribution in [0.5, 0.6) is 5.75 Å². The fraction of sp³-hybridized carbons (Fsp3) is 0.533. The largest absolute Gasteiger partial charge is 0.492 e. The number of amides is 1. The molecule has 21 heavy (non-hydrogen) atoms. The third-order valence-corrected chi connectivity index (χ3v) is 3.05. The molecule has 0 aliphatic carbocycles. The summed E-state index contributed by atoms with van der Waals surface area (Å²) in [6.07, 6.45) is 0.440. The molecule has 0 radical (unpaired) electrons. The first-order valence-electron chi connectivity index (χ1n) is 6.91. The molecule has 0 bridgehead atoms. The summed E-state index contributed by atoms with van der Waals surface area (Å²) in [7, 11) is 1.57. The molecule has 0 aliphatic rings. The number of hydrogen-bond acceptors (Lipinski definition) is 5. The Morgan fingerprint density at radius 1 is 1.48 bits per heavy atom. The molecule has 6 heteroatoms. The molecule has 1 amide bonds. The lowest BCUT2D eigenvalue weighted by molar-refractivity contribution is 0.0243. The number of nitrogens with one attached hydrogen (secondary N) is 1. The van der Waals surface area contributed by atoms with Crippen molar-refractivity contribution in [3.63, 3.8) is 0 Å². The molecule has 0 spiro atoms. The van der Waals surface area contributed by atoms with Gasteiger partial charge in [-0.2, -0.15) is 0 Å². The van der Waals surface area contributed by atoms with Gasteiger partial charge in [-0.15, -0.1) is 0 Å². The summed E-state index contributed by atoms with van der Waals surface area (Å²) in [5, 5.41) is 12.8. The molecule has 1 rings (SSSR count). The normalized spacial score (nSPS) is 13.5. The summed E-state index contributed by atoms with van der Waals surface area (Å²) in [6.45, 7) is 4.60. The van der Waals surface area contributed by atoms with E-state index in [1.54, 1.807) is 32.2 Å². The van der Waals surface area contributed by atoms with Gasteiger partial charge in [0.2, 0.25) is 0 Å². The van der Waals surface area contributed by atoms with E-state index in [9.17, 15) is 9.90 Å². The van der Waals surface area contributed by atoms with E-state index < -0.39 is 5.60 Å². The van der Waals surface area contributed by atoms with Crippen LogP contribution in [0.3, 0.4) is 0 Å². The zero-order valence-electron chi connectivity index (χ0n) is 12.8. The van der Waals surface area contributed by atoms with E-state index in [1.807, 2.05) is 6.92 Å². The molecule has 0 saturated carbocycles. The molecule has 1 aromatic rings. The second kappa shape index (κ2) is 7.85. The minimum Gasteiger partial charge on any atom is -0.492 e. The maximum Gasteiger partial charge on any atom is 0.251 e. The Labute approximate surface area is 125 Å². The number of nitrogen functional groups attached to an aromatic ring is 1. The van der Waals surface area contributed by atoms with Crippen LogP contribution < -0.4 is 15.8 Å². The first-order valence-corrected chi connectivity index (χ1v) is 6.91. The van der Waals surface area contributed by atoms with Gasteiger partial charge in [0, 0.05) is 32.2 Å². The third kappa shape index (κ3) is 5.61. The van der Waals surface area contributed by atoms with Crippen LogP contribution in [0.4, 0.5) is 5.69 Å². The van der Waals surface area contributed by atoms with Gasteiger partial charge in [-0.1, -0.05) is 0 Å². The van der Waals surface area contributed by atoms with Crippen LogP contribution in [-0.2, 0) is 4.74 Å². The van der Waals surface area contributed by atoms with Gasteiger partial charge in [0.05, 0.1) is 17.9 Å². The standard InChI is InChI=1S/C15H24N2O4/c1-4-21-13-6-5-11(9-12(13)16)14(18)17-10-15(2,19)7-8-20-3/h5-6,9,19H,4,7-8,10,16H2,1-3H3,(H,17,18). The molecular weight excluding hydrogens is 272 g/mol. The number of rotatable bonds is 8. The molecule has 0 aliphatic heterocycles. The number of carbonyl (C=O) groups excluding carboxylic acids is 1. The highest BCUT2D eigenvalue weighted by Gasteiger charge is 2.21. The molecule has 0 fully saturated rings. The van der Waals surface area contributed by atoms with Crippen LogP contribution >= 0.6 is 0 Å².